The zero-order valence-corrected chi connectivity index (χ0v) is 16.7. The maximum Gasteiger partial charge on any atom is 0.258 e. The lowest BCUT2D eigenvalue weighted by atomic mass is 10.1. The lowest BCUT2D eigenvalue weighted by Gasteiger charge is -2.17. The van der Waals surface area contributed by atoms with Gasteiger partial charge < -0.3 is 15.0 Å². The van der Waals surface area contributed by atoms with Crippen LogP contribution in [0.5, 0.6) is 5.75 Å². The van der Waals surface area contributed by atoms with Crippen LogP contribution in [-0.2, 0) is 4.79 Å². The maximum absolute atomic E-state index is 12.5. The Morgan fingerprint density at radius 3 is 2.85 bits per heavy atom. The van der Waals surface area contributed by atoms with Crippen LogP contribution in [0.1, 0.15) is 29.4 Å². The summed E-state index contributed by atoms with van der Waals surface area (Å²) in [6.45, 7) is 3.97. The van der Waals surface area contributed by atoms with Crippen LogP contribution in [0.15, 0.2) is 42.5 Å². The number of nitrogens with one attached hydrogen (secondary N) is 2. The quantitative estimate of drug-likeness (QED) is 0.613. The summed E-state index contributed by atoms with van der Waals surface area (Å²) in [5.74, 6) is 2.31. The molecule has 0 saturated carbocycles. The van der Waals surface area contributed by atoms with E-state index in [4.69, 9.17) is 4.74 Å². The topological polar surface area (TPSA) is 67.0 Å². The summed E-state index contributed by atoms with van der Waals surface area (Å²) < 4.78 is 5.73. The van der Waals surface area contributed by atoms with Crippen molar-refractivity contribution in [2.45, 2.75) is 26.3 Å². The van der Waals surface area contributed by atoms with Gasteiger partial charge in [-0.3, -0.25) is 4.79 Å². The van der Waals surface area contributed by atoms with E-state index >= 15 is 0 Å². The van der Waals surface area contributed by atoms with E-state index in [1.165, 1.54) is 0 Å². The van der Waals surface area contributed by atoms with Gasteiger partial charge in [0, 0.05) is 0 Å². The van der Waals surface area contributed by atoms with Crippen molar-refractivity contribution >= 4 is 28.7 Å². The molecule has 0 unspecified atom stereocenters. The predicted molar refractivity (Wildman–Crippen MR) is 111 cm³/mol. The van der Waals surface area contributed by atoms with Crippen LogP contribution in [0.2, 0.25) is 0 Å². The number of hydrogen-bond donors (Lipinski definition) is 2. The number of fused-ring (bicyclic) bond motifs is 1. The number of hydrogen-bond acceptors (Lipinski definition) is 4. The number of aromatic nitrogens is 2. The molecule has 1 aromatic heterocycles. The van der Waals surface area contributed by atoms with Crippen LogP contribution < -0.4 is 10.1 Å². The Hall–Kier alpha value is -2.47. The van der Waals surface area contributed by atoms with Crippen LogP contribution in [0, 0.1) is 13.8 Å². The SMILES string of the molecule is CSCC[C@H](NC(=O)COc1cc(C)ccc1C)c1nc2ccccc2[nH]1. The second-order valence-electron chi connectivity index (χ2n) is 6.60. The van der Waals surface area contributed by atoms with Crippen molar-refractivity contribution in [1.82, 2.24) is 15.3 Å². The molecule has 0 saturated heterocycles. The summed E-state index contributed by atoms with van der Waals surface area (Å²) in [4.78, 5) is 20.5. The molecule has 0 radical (unpaired) electrons. The van der Waals surface area contributed by atoms with Gasteiger partial charge >= 0.3 is 0 Å². The number of nitrogens with zero attached hydrogens (tertiary/aromatic N) is 1. The molecule has 1 heterocycles. The molecule has 3 rings (SSSR count). The molecule has 2 aromatic carbocycles. The number of aromatic amines is 1. The van der Waals surface area contributed by atoms with Crippen molar-refractivity contribution < 1.29 is 9.53 Å². The van der Waals surface area contributed by atoms with E-state index in [0.717, 1.165) is 45.9 Å². The Morgan fingerprint density at radius 1 is 1.26 bits per heavy atom. The van der Waals surface area contributed by atoms with Gasteiger partial charge in [0.2, 0.25) is 0 Å². The minimum absolute atomic E-state index is 0.0136. The molecule has 0 fully saturated rings. The van der Waals surface area contributed by atoms with Gasteiger partial charge in [-0.05, 0) is 61.6 Å². The highest BCUT2D eigenvalue weighted by molar-refractivity contribution is 7.98. The van der Waals surface area contributed by atoms with Crippen LogP contribution in [-0.4, -0.2) is 34.5 Å². The fourth-order valence-electron chi connectivity index (χ4n) is 2.89. The van der Waals surface area contributed by atoms with Gasteiger partial charge in [0.05, 0.1) is 17.1 Å². The summed E-state index contributed by atoms with van der Waals surface area (Å²) in [6.07, 6.45) is 2.86. The van der Waals surface area contributed by atoms with E-state index in [9.17, 15) is 4.79 Å². The van der Waals surface area contributed by atoms with Crippen LogP contribution >= 0.6 is 11.8 Å². The van der Waals surface area contributed by atoms with Gasteiger partial charge in [0.15, 0.2) is 6.61 Å². The fourth-order valence-corrected chi connectivity index (χ4v) is 3.36. The van der Waals surface area contributed by atoms with E-state index in [0.29, 0.717) is 0 Å². The molecular formula is C21H25N3O2S. The highest BCUT2D eigenvalue weighted by atomic mass is 32.2. The average molecular weight is 384 g/mol. The van der Waals surface area contributed by atoms with Crippen molar-refractivity contribution in [3.63, 3.8) is 0 Å². The Labute approximate surface area is 163 Å². The van der Waals surface area contributed by atoms with Gasteiger partial charge in [0.25, 0.3) is 5.91 Å². The number of thioether (sulfide) groups is 1. The van der Waals surface area contributed by atoms with Crippen LogP contribution in [0.3, 0.4) is 0 Å². The largest absolute Gasteiger partial charge is 0.483 e. The molecule has 0 aliphatic carbocycles. The molecule has 27 heavy (non-hydrogen) atoms. The average Bonchev–Trinajstić information content (AvgIpc) is 3.10. The lowest BCUT2D eigenvalue weighted by molar-refractivity contribution is -0.123. The third-order valence-corrected chi connectivity index (χ3v) is 5.03. The summed E-state index contributed by atoms with van der Waals surface area (Å²) in [5.41, 5.74) is 4.01. The Kier molecular flexibility index (Phi) is 6.40. The van der Waals surface area contributed by atoms with E-state index < -0.39 is 0 Å². The smallest absolute Gasteiger partial charge is 0.258 e. The van der Waals surface area contributed by atoms with Crippen molar-refractivity contribution in [3.8, 4) is 5.75 Å². The third-order valence-electron chi connectivity index (χ3n) is 4.39. The number of amides is 1. The maximum atomic E-state index is 12.5. The molecule has 142 valence electrons. The Balaban J connectivity index is 1.68. The monoisotopic (exact) mass is 383 g/mol. The van der Waals surface area contributed by atoms with Crippen molar-refractivity contribution in [2.75, 3.05) is 18.6 Å². The first kappa shape index (κ1) is 19.3. The number of benzene rings is 2. The predicted octanol–water partition coefficient (Wildman–Crippen LogP) is 4.17. The Bertz CT molecular complexity index is 890. The van der Waals surface area contributed by atoms with Crippen LogP contribution in [0.4, 0.5) is 0 Å². The molecule has 0 spiro atoms. The second-order valence-corrected chi connectivity index (χ2v) is 7.58. The van der Waals surface area contributed by atoms with E-state index in [1.54, 1.807) is 11.8 Å². The number of carbonyl (C=O) groups excluding carboxylic acids is 1. The number of para-hydroxylation sites is 2. The van der Waals surface area contributed by atoms with Gasteiger partial charge in [-0.1, -0.05) is 24.3 Å². The van der Waals surface area contributed by atoms with E-state index in [2.05, 4.69) is 21.5 Å². The van der Waals surface area contributed by atoms with E-state index in [-0.39, 0.29) is 18.6 Å². The summed E-state index contributed by atoms with van der Waals surface area (Å²) in [6, 6.07) is 13.7. The molecule has 5 nitrogen and oxygen atoms in total. The molecule has 1 atom stereocenters. The van der Waals surface area contributed by atoms with Crippen molar-refractivity contribution in [2.24, 2.45) is 0 Å². The molecule has 0 aliphatic rings. The first-order valence-corrected chi connectivity index (χ1v) is 10.4. The normalized spacial score (nSPS) is 12.1. The van der Waals surface area contributed by atoms with Gasteiger partial charge in [-0.2, -0.15) is 11.8 Å². The molecule has 0 bridgehead atoms. The highest BCUT2D eigenvalue weighted by Gasteiger charge is 2.18. The highest BCUT2D eigenvalue weighted by Crippen LogP contribution is 2.21. The van der Waals surface area contributed by atoms with Crippen molar-refractivity contribution in [3.05, 3.63) is 59.4 Å². The molecule has 1 amide bonds. The fraction of sp³-hybridized carbons (Fsp3) is 0.333. The number of aryl methyl sites for hydroxylation is 2. The summed E-state index contributed by atoms with van der Waals surface area (Å²) >= 11 is 1.75. The van der Waals surface area contributed by atoms with Gasteiger partial charge in [-0.25, -0.2) is 4.98 Å². The van der Waals surface area contributed by atoms with Crippen molar-refractivity contribution in [1.29, 1.82) is 0 Å². The third kappa shape index (κ3) is 5.04. The molecule has 2 N–H and O–H groups in total. The number of carbonyl (C=O) groups is 1. The molecule has 3 aromatic rings. The number of ether oxygens (including phenoxy) is 1. The number of H-pyrrole nitrogens is 1. The molecular weight excluding hydrogens is 358 g/mol. The Morgan fingerprint density at radius 2 is 2.07 bits per heavy atom. The standard InChI is InChI=1S/C21H25N3O2S/c1-14-8-9-15(2)19(12-14)26-13-20(25)22-18(10-11-27-3)21-23-16-6-4-5-7-17(16)24-21/h4-9,12,18H,10-11,13H2,1-3H3,(H,22,25)(H,23,24)/t18-/m0/s1. The van der Waals surface area contributed by atoms with E-state index in [1.807, 2.05) is 56.3 Å². The second kappa shape index (κ2) is 8.95. The zero-order chi connectivity index (χ0) is 19.2. The first-order chi connectivity index (χ1) is 13.1. The van der Waals surface area contributed by atoms with Gasteiger partial charge in [0.1, 0.15) is 11.6 Å². The minimum Gasteiger partial charge on any atom is -0.483 e. The number of rotatable bonds is 8. The minimum atomic E-state index is -0.167. The zero-order valence-electron chi connectivity index (χ0n) is 15.9. The van der Waals surface area contributed by atoms with Crippen LogP contribution in [0.25, 0.3) is 11.0 Å². The first-order valence-electron chi connectivity index (χ1n) is 9.00. The summed E-state index contributed by atoms with van der Waals surface area (Å²) in [7, 11) is 0. The molecule has 6 heteroatoms. The molecule has 0 aliphatic heterocycles. The number of imidazole rings is 1. The van der Waals surface area contributed by atoms with Gasteiger partial charge in [-0.15, -0.1) is 0 Å². The lowest BCUT2D eigenvalue weighted by Crippen LogP contribution is -2.33. The summed E-state index contributed by atoms with van der Waals surface area (Å²) in [5, 5.41) is 3.06.